The van der Waals surface area contributed by atoms with Gasteiger partial charge in [0.25, 0.3) is 0 Å². The maximum atomic E-state index is 11.9. The molecular formula is C16H13ClN2O2. The van der Waals surface area contributed by atoms with E-state index in [2.05, 4.69) is 4.98 Å². The minimum Gasteiger partial charge on any atom is -0.464 e. The first-order valence-corrected chi connectivity index (χ1v) is 6.82. The fourth-order valence-electron chi connectivity index (χ4n) is 2.24. The molecule has 0 aliphatic carbocycles. The molecular weight excluding hydrogens is 288 g/mol. The predicted molar refractivity (Wildman–Crippen MR) is 81.7 cm³/mol. The number of carbonyl (C=O) groups is 1. The average Bonchev–Trinajstić information content (AvgIpc) is 2.88. The summed E-state index contributed by atoms with van der Waals surface area (Å²) in [7, 11) is 1.34. The van der Waals surface area contributed by atoms with Crippen molar-refractivity contribution in [3.05, 3.63) is 58.9 Å². The van der Waals surface area contributed by atoms with Gasteiger partial charge in [-0.15, -0.1) is 0 Å². The Morgan fingerprint density at radius 2 is 1.90 bits per heavy atom. The van der Waals surface area contributed by atoms with E-state index in [9.17, 15) is 4.79 Å². The number of esters is 1. The summed E-state index contributed by atoms with van der Waals surface area (Å²) < 4.78 is 6.54. The molecule has 0 unspecified atom stereocenters. The lowest BCUT2D eigenvalue weighted by atomic mass is 10.1. The smallest absolute Gasteiger partial charge is 0.358 e. The summed E-state index contributed by atoms with van der Waals surface area (Å²) in [6.07, 6.45) is 0. The van der Waals surface area contributed by atoms with Crippen LogP contribution in [0.4, 0.5) is 0 Å². The molecule has 3 rings (SSSR count). The van der Waals surface area contributed by atoms with E-state index in [4.69, 9.17) is 16.3 Å². The van der Waals surface area contributed by atoms with Crippen molar-refractivity contribution in [1.29, 1.82) is 0 Å². The topological polar surface area (TPSA) is 43.6 Å². The number of aromatic nitrogens is 2. The number of aryl methyl sites for hydroxylation is 1. The maximum Gasteiger partial charge on any atom is 0.358 e. The second kappa shape index (κ2) is 5.22. The SMILES string of the molecule is COC(=O)c1nc(-c2ccc(C)cc2)n2c(Cl)cccc12. The molecule has 0 radical (unpaired) electrons. The largest absolute Gasteiger partial charge is 0.464 e. The number of ether oxygens (including phenoxy) is 1. The minimum atomic E-state index is -0.479. The molecule has 21 heavy (non-hydrogen) atoms. The van der Waals surface area contributed by atoms with E-state index < -0.39 is 5.97 Å². The molecule has 0 N–H and O–H groups in total. The molecule has 106 valence electrons. The zero-order valence-electron chi connectivity index (χ0n) is 11.6. The van der Waals surface area contributed by atoms with Gasteiger partial charge in [0.15, 0.2) is 5.69 Å². The molecule has 0 fully saturated rings. The van der Waals surface area contributed by atoms with Crippen LogP contribution in [0.5, 0.6) is 0 Å². The minimum absolute atomic E-state index is 0.260. The first kappa shape index (κ1) is 13.6. The Morgan fingerprint density at radius 1 is 1.19 bits per heavy atom. The molecule has 5 heteroatoms. The highest BCUT2D eigenvalue weighted by Crippen LogP contribution is 2.27. The van der Waals surface area contributed by atoms with Crippen LogP contribution in [0.15, 0.2) is 42.5 Å². The van der Waals surface area contributed by atoms with Gasteiger partial charge in [0.2, 0.25) is 0 Å². The number of nitrogens with zero attached hydrogens (tertiary/aromatic N) is 2. The number of hydrogen-bond donors (Lipinski definition) is 0. The molecule has 2 aromatic heterocycles. The van der Waals surface area contributed by atoms with Crippen molar-refractivity contribution in [3.8, 4) is 11.4 Å². The second-order valence-corrected chi connectivity index (χ2v) is 5.10. The summed E-state index contributed by atoms with van der Waals surface area (Å²) in [5.74, 6) is 0.143. The number of fused-ring (bicyclic) bond motifs is 1. The maximum absolute atomic E-state index is 11.9. The summed E-state index contributed by atoms with van der Waals surface area (Å²) in [5.41, 5.74) is 2.93. The van der Waals surface area contributed by atoms with E-state index in [0.29, 0.717) is 16.5 Å². The molecule has 4 nitrogen and oxygen atoms in total. The fourth-order valence-corrected chi connectivity index (χ4v) is 2.48. The molecule has 3 aromatic rings. The van der Waals surface area contributed by atoms with Crippen LogP contribution < -0.4 is 0 Å². The van der Waals surface area contributed by atoms with Crippen LogP contribution in [0, 0.1) is 6.92 Å². The van der Waals surface area contributed by atoms with Crippen LogP contribution in [-0.4, -0.2) is 22.5 Å². The average molecular weight is 301 g/mol. The number of halogens is 1. The van der Waals surface area contributed by atoms with Crippen molar-refractivity contribution in [2.45, 2.75) is 6.92 Å². The molecule has 0 atom stereocenters. The van der Waals surface area contributed by atoms with Crippen LogP contribution >= 0.6 is 11.6 Å². The van der Waals surface area contributed by atoms with Gasteiger partial charge in [-0.05, 0) is 19.1 Å². The lowest BCUT2D eigenvalue weighted by Gasteiger charge is -2.04. The van der Waals surface area contributed by atoms with Crippen LogP contribution in [0.3, 0.4) is 0 Å². The van der Waals surface area contributed by atoms with Gasteiger partial charge in [0, 0.05) is 5.56 Å². The van der Waals surface area contributed by atoms with Gasteiger partial charge in [0.05, 0.1) is 12.6 Å². The molecule has 0 aliphatic heterocycles. The van der Waals surface area contributed by atoms with Crippen LogP contribution in [0.25, 0.3) is 16.9 Å². The standard InChI is InChI=1S/C16H13ClN2O2/c1-10-6-8-11(9-7-10)15-18-14(16(20)21-2)12-4-3-5-13(17)19(12)15/h3-9H,1-2H3. The first-order valence-electron chi connectivity index (χ1n) is 6.44. The highest BCUT2D eigenvalue weighted by atomic mass is 35.5. The Balaban J connectivity index is 2.32. The summed E-state index contributed by atoms with van der Waals surface area (Å²) in [4.78, 5) is 16.3. The number of pyridine rings is 1. The van der Waals surface area contributed by atoms with Crippen LogP contribution in [0.2, 0.25) is 5.15 Å². The van der Waals surface area contributed by atoms with E-state index in [1.165, 1.54) is 7.11 Å². The van der Waals surface area contributed by atoms with Crippen molar-refractivity contribution in [1.82, 2.24) is 9.38 Å². The lowest BCUT2D eigenvalue weighted by Crippen LogP contribution is -2.02. The molecule has 0 saturated carbocycles. The Hall–Kier alpha value is -2.33. The normalized spacial score (nSPS) is 10.8. The monoisotopic (exact) mass is 300 g/mol. The first-order chi connectivity index (χ1) is 10.1. The summed E-state index contributed by atoms with van der Waals surface area (Å²) in [6, 6.07) is 13.2. The van der Waals surface area contributed by atoms with Crippen molar-refractivity contribution in [2.24, 2.45) is 0 Å². The molecule has 0 amide bonds. The van der Waals surface area contributed by atoms with Crippen LogP contribution in [-0.2, 0) is 4.74 Å². The highest BCUT2D eigenvalue weighted by molar-refractivity contribution is 6.30. The zero-order chi connectivity index (χ0) is 15.0. The quantitative estimate of drug-likeness (QED) is 0.535. The number of imidazole rings is 1. The third-order valence-corrected chi connectivity index (χ3v) is 3.60. The third kappa shape index (κ3) is 2.28. The predicted octanol–water partition coefficient (Wildman–Crippen LogP) is 3.75. The summed E-state index contributed by atoms with van der Waals surface area (Å²) in [5, 5.41) is 0.491. The number of hydrogen-bond acceptors (Lipinski definition) is 3. The second-order valence-electron chi connectivity index (χ2n) is 4.71. The van der Waals surface area contributed by atoms with Gasteiger partial charge in [-0.25, -0.2) is 9.78 Å². The number of carbonyl (C=O) groups excluding carboxylic acids is 1. The van der Waals surface area contributed by atoms with E-state index in [1.54, 1.807) is 22.6 Å². The summed E-state index contributed by atoms with van der Waals surface area (Å²) in [6.45, 7) is 2.01. The van der Waals surface area contributed by atoms with Crippen molar-refractivity contribution in [3.63, 3.8) is 0 Å². The molecule has 1 aromatic carbocycles. The Kier molecular flexibility index (Phi) is 3.39. The van der Waals surface area contributed by atoms with E-state index in [-0.39, 0.29) is 5.69 Å². The van der Waals surface area contributed by atoms with Gasteiger partial charge >= 0.3 is 5.97 Å². The van der Waals surface area contributed by atoms with Gasteiger partial charge in [-0.1, -0.05) is 47.5 Å². The Labute approximate surface area is 126 Å². The molecule has 0 aliphatic rings. The number of rotatable bonds is 2. The number of methoxy groups -OCH3 is 1. The van der Waals surface area contributed by atoms with Crippen molar-refractivity contribution >= 4 is 23.1 Å². The van der Waals surface area contributed by atoms with Crippen molar-refractivity contribution < 1.29 is 9.53 Å². The van der Waals surface area contributed by atoms with Gasteiger partial charge in [-0.2, -0.15) is 0 Å². The molecule has 0 saturated heterocycles. The van der Waals surface area contributed by atoms with E-state index >= 15 is 0 Å². The van der Waals surface area contributed by atoms with E-state index in [1.807, 2.05) is 31.2 Å². The van der Waals surface area contributed by atoms with E-state index in [0.717, 1.165) is 11.1 Å². The zero-order valence-corrected chi connectivity index (χ0v) is 12.4. The number of benzene rings is 1. The lowest BCUT2D eigenvalue weighted by molar-refractivity contribution is 0.0597. The molecule has 0 spiro atoms. The van der Waals surface area contributed by atoms with Crippen molar-refractivity contribution in [2.75, 3.05) is 7.11 Å². The fraction of sp³-hybridized carbons (Fsp3) is 0.125. The Morgan fingerprint density at radius 3 is 2.57 bits per heavy atom. The van der Waals surface area contributed by atoms with Gasteiger partial charge in [0.1, 0.15) is 11.0 Å². The van der Waals surface area contributed by atoms with Gasteiger partial charge in [-0.3, -0.25) is 4.40 Å². The van der Waals surface area contributed by atoms with Crippen LogP contribution in [0.1, 0.15) is 16.1 Å². The molecule has 0 bridgehead atoms. The third-order valence-electron chi connectivity index (χ3n) is 3.30. The summed E-state index contributed by atoms with van der Waals surface area (Å²) >= 11 is 6.28. The highest BCUT2D eigenvalue weighted by Gasteiger charge is 2.20. The van der Waals surface area contributed by atoms with Gasteiger partial charge < -0.3 is 4.74 Å². The Bertz CT molecular complexity index is 822. The molecule has 2 heterocycles.